The van der Waals surface area contributed by atoms with Crippen LogP contribution in [0.25, 0.3) is 0 Å². The van der Waals surface area contributed by atoms with Gasteiger partial charge < -0.3 is 10.4 Å². The molecule has 2 N–H and O–H groups in total. The minimum absolute atomic E-state index is 0.0544. The Kier molecular flexibility index (Phi) is 5.44. The average Bonchev–Trinajstić information content (AvgIpc) is 2.85. The van der Waals surface area contributed by atoms with E-state index >= 15 is 0 Å². The molecular weight excluding hydrogens is 254 g/mol. The molecule has 0 heterocycles. The van der Waals surface area contributed by atoms with Crippen LogP contribution >= 0.6 is 0 Å². The Balaban J connectivity index is 1.77. The molecule has 4 heteroatoms. The molecule has 1 amide bonds. The van der Waals surface area contributed by atoms with E-state index in [2.05, 4.69) is 5.32 Å². The van der Waals surface area contributed by atoms with E-state index in [0.29, 0.717) is 12.3 Å². The highest BCUT2D eigenvalue weighted by atomic mass is 16.4. The van der Waals surface area contributed by atoms with Crippen LogP contribution in [-0.2, 0) is 9.59 Å². The predicted molar refractivity (Wildman–Crippen MR) is 77.4 cm³/mol. The lowest BCUT2D eigenvalue weighted by Crippen LogP contribution is -2.35. The first-order valence-corrected chi connectivity index (χ1v) is 8.08. The number of nitrogens with one attached hydrogen (secondary N) is 1. The van der Waals surface area contributed by atoms with Crippen molar-refractivity contribution in [2.24, 2.45) is 11.3 Å². The van der Waals surface area contributed by atoms with Crippen LogP contribution in [-0.4, -0.2) is 23.5 Å². The fourth-order valence-electron chi connectivity index (χ4n) is 3.91. The predicted octanol–water partition coefficient (Wildman–Crippen LogP) is 3.11. The minimum Gasteiger partial charge on any atom is -0.481 e. The van der Waals surface area contributed by atoms with Crippen molar-refractivity contribution in [1.82, 2.24) is 5.32 Å². The maximum absolute atomic E-state index is 12.1. The third-order valence-electron chi connectivity index (χ3n) is 5.04. The van der Waals surface area contributed by atoms with Crippen molar-refractivity contribution >= 4 is 11.9 Å². The van der Waals surface area contributed by atoms with Gasteiger partial charge in [0.2, 0.25) is 5.91 Å². The Labute approximate surface area is 121 Å². The molecule has 2 aliphatic carbocycles. The summed E-state index contributed by atoms with van der Waals surface area (Å²) in [7, 11) is 0. The molecule has 114 valence electrons. The number of hydrogen-bond acceptors (Lipinski definition) is 2. The normalized spacial score (nSPS) is 22.6. The monoisotopic (exact) mass is 281 g/mol. The fourth-order valence-corrected chi connectivity index (χ4v) is 3.91. The zero-order valence-corrected chi connectivity index (χ0v) is 12.3. The molecule has 0 bridgehead atoms. The van der Waals surface area contributed by atoms with Crippen molar-refractivity contribution in [3.05, 3.63) is 0 Å². The number of carbonyl (C=O) groups is 2. The summed E-state index contributed by atoms with van der Waals surface area (Å²) in [6.45, 7) is 0.780. The summed E-state index contributed by atoms with van der Waals surface area (Å²) in [6.07, 6.45) is 10.8. The van der Waals surface area contributed by atoms with Crippen molar-refractivity contribution < 1.29 is 14.7 Å². The molecule has 0 radical (unpaired) electrons. The van der Waals surface area contributed by atoms with Gasteiger partial charge in [-0.1, -0.05) is 32.1 Å². The van der Waals surface area contributed by atoms with Gasteiger partial charge in [-0.3, -0.25) is 9.59 Å². The summed E-state index contributed by atoms with van der Waals surface area (Å²) in [5, 5.41) is 12.1. The molecule has 0 aromatic heterocycles. The van der Waals surface area contributed by atoms with Crippen LogP contribution in [0.2, 0.25) is 0 Å². The van der Waals surface area contributed by atoms with Crippen molar-refractivity contribution in [2.45, 2.75) is 70.6 Å². The topological polar surface area (TPSA) is 66.4 Å². The summed E-state index contributed by atoms with van der Waals surface area (Å²) in [6, 6.07) is 0. The molecule has 2 fully saturated rings. The lowest BCUT2D eigenvalue weighted by atomic mass is 9.79. The first-order chi connectivity index (χ1) is 9.60. The molecule has 0 aromatic rings. The fraction of sp³-hybridized carbons (Fsp3) is 0.875. The minimum atomic E-state index is -0.771. The number of hydrogen-bond donors (Lipinski definition) is 2. The lowest BCUT2D eigenvalue weighted by molar-refractivity contribution is -0.140. The van der Waals surface area contributed by atoms with Gasteiger partial charge in [0.1, 0.15) is 0 Å². The lowest BCUT2D eigenvalue weighted by Gasteiger charge is -2.27. The van der Waals surface area contributed by atoms with Crippen LogP contribution in [0, 0.1) is 11.3 Å². The van der Waals surface area contributed by atoms with Crippen LogP contribution < -0.4 is 5.32 Å². The Hall–Kier alpha value is -1.06. The molecule has 0 aliphatic heterocycles. The second kappa shape index (κ2) is 7.09. The largest absolute Gasteiger partial charge is 0.481 e. The maximum atomic E-state index is 12.1. The van der Waals surface area contributed by atoms with Crippen molar-refractivity contribution in [3.8, 4) is 0 Å². The Bertz CT molecular complexity index is 342. The summed E-state index contributed by atoms with van der Waals surface area (Å²) in [5.74, 6) is -0.0857. The van der Waals surface area contributed by atoms with Crippen LogP contribution in [0.5, 0.6) is 0 Å². The van der Waals surface area contributed by atoms with Gasteiger partial charge in [-0.2, -0.15) is 0 Å². The number of carboxylic acids is 1. The first-order valence-electron chi connectivity index (χ1n) is 8.08. The van der Waals surface area contributed by atoms with Gasteiger partial charge in [-0.25, -0.2) is 0 Å². The summed E-state index contributed by atoms with van der Waals surface area (Å²) in [5.41, 5.74) is -0.275. The highest BCUT2D eigenvalue weighted by molar-refractivity contribution is 5.78. The zero-order chi connectivity index (χ0) is 14.4. The number of amides is 1. The summed E-state index contributed by atoms with van der Waals surface area (Å²) < 4.78 is 0. The van der Waals surface area contributed by atoms with E-state index in [1.54, 1.807) is 0 Å². The molecule has 0 unspecified atom stereocenters. The molecule has 2 rings (SSSR count). The Morgan fingerprint density at radius 3 is 2.25 bits per heavy atom. The second-order valence-corrected chi connectivity index (χ2v) is 6.76. The van der Waals surface area contributed by atoms with Crippen LogP contribution in [0.4, 0.5) is 0 Å². The molecule has 4 nitrogen and oxygen atoms in total. The third-order valence-corrected chi connectivity index (χ3v) is 5.04. The van der Waals surface area contributed by atoms with E-state index in [1.165, 1.54) is 32.1 Å². The molecule has 2 saturated carbocycles. The highest BCUT2D eigenvalue weighted by Crippen LogP contribution is 2.44. The van der Waals surface area contributed by atoms with E-state index in [-0.39, 0.29) is 17.7 Å². The smallest absolute Gasteiger partial charge is 0.303 e. The Morgan fingerprint density at radius 1 is 1.00 bits per heavy atom. The second-order valence-electron chi connectivity index (χ2n) is 6.76. The molecular formula is C16H27NO3. The molecule has 0 spiro atoms. The van der Waals surface area contributed by atoms with Crippen LogP contribution in [0.1, 0.15) is 70.6 Å². The molecule has 0 saturated heterocycles. The van der Waals surface area contributed by atoms with Gasteiger partial charge in [-0.05, 0) is 37.0 Å². The number of rotatable bonds is 6. The quantitative estimate of drug-likeness (QED) is 0.786. The van der Waals surface area contributed by atoms with Crippen molar-refractivity contribution in [2.75, 3.05) is 6.54 Å². The molecule has 0 atom stereocenters. The van der Waals surface area contributed by atoms with Crippen LogP contribution in [0.15, 0.2) is 0 Å². The van der Waals surface area contributed by atoms with E-state index in [9.17, 15) is 9.59 Å². The number of carboxylic acid groups (broad SMARTS) is 1. The van der Waals surface area contributed by atoms with E-state index in [1.807, 2.05) is 0 Å². The Morgan fingerprint density at radius 2 is 1.65 bits per heavy atom. The molecule has 2 aliphatic rings. The summed E-state index contributed by atoms with van der Waals surface area (Å²) >= 11 is 0. The van der Waals surface area contributed by atoms with Gasteiger partial charge in [0.25, 0.3) is 0 Å². The number of aliphatic carboxylic acids is 1. The van der Waals surface area contributed by atoms with Gasteiger partial charge >= 0.3 is 5.97 Å². The number of carbonyl (C=O) groups excluding carboxylic acids is 1. The maximum Gasteiger partial charge on any atom is 0.303 e. The summed E-state index contributed by atoms with van der Waals surface area (Å²) in [4.78, 5) is 23.1. The highest BCUT2D eigenvalue weighted by Gasteiger charge is 2.37. The third kappa shape index (κ3) is 4.50. The van der Waals surface area contributed by atoms with Crippen LogP contribution in [0.3, 0.4) is 0 Å². The van der Waals surface area contributed by atoms with Gasteiger partial charge in [0.15, 0.2) is 0 Å². The van der Waals surface area contributed by atoms with Gasteiger partial charge in [0.05, 0.1) is 6.42 Å². The van der Waals surface area contributed by atoms with Gasteiger partial charge in [-0.15, -0.1) is 0 Å². The van der Waals surface area contributed by atoms with E-state index in [0.717, 1.165) is 32.2 Å². The molecule has 20 heavy (non-hydrogen) atoms. The SMILES string of the molecule is O=C(O)CC1(CC(=O)NCC2CCCCC2)CCCC1. The van der Waals surface area contributed by atoms with Gasteiger partial charge in [0, 0.05) is 13.0 Å². The first kappa shape index (κ1) is 15.3. The zero-order valence-electron chi connectivity index (χ0n) is 12.3. The standard InChI is InChI=1S/C16H27NO3/c18-14(17-12-13-6-2-1-3-7-13)10-16(11-15(19)20)8-4-5-9-16/h13H,1-12H2,(H,17,18)(H,19,20). The van der Waals surface area contributed by atoms with Crippen molar-refractivity contribution in [3.63, 3.8) is 0 Å². The van der Waals surface area contributed by atoms with E-state index in [4.69, 9.17) is 5.11 Å². The van der Waals surface area contributed by atoms with Crippen molar-refractivity contribution in [1.29, 1.82) is 0 Å². The van der Waals surface area contributed by atoms with E-state index < -0.39 is 5.97 Å². The molecule has 0 aromatic carbocycles. The average molecular weight is 281 g/mol.